The van der Waals surface area contributed by atoms with Crippen molar-refractivity contribution in [2.24, 2.45) is 0 Å². The Morgan fingerprint density at radius 2 is 1.44 bits per heavy atom. The number of nitrogens with zero attached hydrogens (tertiary/aromatic N) is 4. The Kier molecular flexibility index (Phi) is 6.21. The quantitative estimate of drug-likeness (QED) is 0.427. The summed E-state index contributed by atoms with van der Waals surface area (Å²) in [5, 5.41) is 3.02. The molecule has 0 aromatic carbocycles. The first-order valence-corrected chi connectivity index (χ1v) is 10.7. The van der Waals surface area contributed by atoms with Gasteiger partial charge in [-0.3, -0.25) is 4.57 Å². The van der Waals surface area contributed by atoms with Gasteiger partial charge in [0.1, 0.15) is 11.3 Å². The lowest BCUT2D eigenvalue weighted by Crippen LogP contribution is -2.28. The van der Waals surface area contributed by atoms with E-state index in [-0.39, 0.29) is 23.2 Å². The van der Waals surface area contributed by atoms with Crippen molar-refractivity contribution in [3.05, 3.63) is 35.7 Å². The molecule has 13 heteroatoms. The molecule has 0 spiro atoms. The van der Waals surface area contributed by atoms with Gasteiger partial charge in [-0.2, -0.15) is 26.3 Å². The molecule has 0 unspecified atom stereocenters. The van der Waals surface area contributed by atoms with Crippen LogP contribution in [-0.2, 0) is 12.4 Å². The molecule has 2 aliphatic carbocycles. The predicted octanol–water partition coefficient (Wildman–Crippen LogP) is 5.40. The minimum Gasteiger partial charge on any atom is -0.396 e. The van der Waals surface area contributed by atoms with Crippen molar-refractivity contribution < 1.29 is 26.3 Å². The molecule has 7 nitrogen and oxygen atoms in total. The molecule has 184 valence electrons. The van der Waals surface area contributed by atoms with Crippen molar-refractivity contribution in [2.75, 3.05) is 16.8 Å². The van der Waals surface area contributed by atoms with E-state index in [4.69, 9.17) is 11.5 Å². The number of pyridine rings is 2. The van der Waals surface area contributed by atoms with Crippen LogP contribution in [-0.4, -0.2) is 25.6 Å². The number of nitrogen functional groups attached to an aromatic ring is 2. The fourth-order valence-corrected chi connectivity index (χ4v) is 3.66. The molecule has 3 heterocycles. The summed E-state index contributed by atoms with van der Waals surface area (Å²) < 4.78 is 76.4. The van der Waals surface area contributed by atoms with Crippen LogP contribution in [0.1, 0.15) is 55.7 Å². The van der Waals surface area contributed by atoms with Crippen molar-refractivity contribution >= 4 is 28.6 Å². The number of imidazole rings is 1. The van der Waals surface area contributed by atoms with E-state index < -0.39 is 23.5 Å². The van der Waals surface area contributed by atoms with E-state index in [1.807, 2.05) is 0 Å². The van der Waals surface area contributed by atoms with Crippen LogP contribution in [0, 0.1) is 0 Å². The van der Waals surface area contributed by atoms with Gasteiger partial charge in [0.15, 0.2) is 5.65 Å². The van der Waals surface area contributed by atoms with E-state index >= 15 is 0 Å². The summed E-state index contributed by atoms with van der Waals surface area (Å²) in [6.45, 7) is 0. The molecular formula is C21H23F6N7. The van der Waals surface area contributed by atoms with Crippen LogP contribution in [0.5, 0.6) is 0 Å². The number of fused-ring (bicyclic) bond motifs is 1. The first kappa shape index (κ1) is 23.9. The molecule has 0 atom stereocenters. The van der Waals surface area contributed by atoms with E-state index in [0.29, 0.717) is 17.5 Å². The highest BCUT2D eigenvalue weighted by molar-refractivity contribution is 5.75. The number of hydrogen-bond donors (Lipinski definition) is 3. The second-order valence-electron chi connectivity index (χ2n) is 8.42. The monoisotopic (exact) mass is 487 g/mol. The Bertz CT molecular complexity index is 1160. The summed E-state index contributed by atoms with van der Waals surface area (Å²) in [5.41, 5.74) is 10.3. The zero-order valence-electron chi connectivity index (χ0n) is 17.9. The zero-order valence-corrected chi connectivity index (χ0v) is 17.9. The third-order valence-electron chi connectivity index (χ3n) is 6.01. The predicted molar refractivity (Wildman–Crippen MR) is 115 cm³/mol. The van der Waals surface area contributed by atoms with Gasteiger partial charge >= 0.3 is 12.4 Å². The summed E-state index contributed by atoms with van der Waals surface area (Å²) in [6.07, 6.45) is -0.952. The van der Waals surface area contributed by atoms with Gasteiger partial charge in [0.2, 0.25) is 5.95 Å². The standard InChI is InChI=1S/C11H11F3N4.C10H12F3N3/c12-11(13,14)6-4-8-9(16-5-6)18(10(15)17-8)7-2-1-3-7;11-10(12,13)6-4-8(14)9(15-5-6)16-7-2-1-3-7/h4-5,7H,1-3H2,(H2,15,17);4-5,7H,1-3,14H2,(H,15,16). The smallest absolute Gasteiger partial charge is 0.396 e. The van der Waals surface area contributed by atoms with Gasteiger partial charge in [0.25, 0.3) is 0 Å². The molecule has 2 aliphatic rings. The molecule has 34 heavy (non-hydrogen) atoms. The van der Waals surface area contributed by atoms with Crippen LogP contribution in [0.4, 0.5) is 43.8 Å². The lowest BCUT2D eigenvalue weighted by molar-refractivity contribution is -0.138. The minimum atomic E-state index is -4.41. The molecule has 2 fully saturated rings. The summed E-state index contributed by atoms with van der Waals surface area (Å²) in [5.74, 6) is 0.583. The number of anilines is 3. The molecule has 5 N–H and O–H groups in total. The van der Waals surface area contributed by atoms with Crippen molar-refractivity contribution in [1.29, 1.82) is 0 Å². The maximum absolute atomic E-state index is 12.6. The van der Waals surface area contributed by atoms with Gasteiger partial charge in [0.05, 0.1) is 16.8 Å². The zero-order chi connectivity index (χ0) is 24.7. The fourth-order valence-electron chi connectivity index (χ4n) is 3.66. The maximum Gasteiger partial charge on any atom is 0.417 e. The Hall–Kier alpha value is -3.25. The number of rotatable bonds is 3. The number of hydrogen-bond acceptors (Lipinski definition) is 6. The molecule has 0 saturated heterocycles. The number of nitrogens with two attached hydrogens (primary N) is 2. The molecule has 3 aromatic rings. The Morgan fingerprint density at radius 3 is 1.94 bits per heavy atom. The molecule has 3 aromatic heterocycles. The lowest BCUT2D eigenvalue weighted by atomic mass is 9.93. The third-order valence-corrected chi connectivity index (χ3v) is 6.01. The average Bonchev–Trinajstić information content (AvgIpc) is 2.98. The molecule has 0 radical (unpaired) electrons. The molecule has 2 saturated carbocycles. The minimum absolute atomic E-state index is 0.0433. The summed E-state index contributed by atoms with van der Waals surface area (Å²) >= 11 is 0. The number of halogens is 6. The van der Waals surface area contributed by atoms with Crippen LogP contribution >= 0.6 is 0 Å². The van der Waals surface area contributed by atoms with Gasteiger partial charge in [-0.25, -0.2) is 15.0 Å². The molecule has 0 aliphatic heterocycles. The van der Waals surface area contributed by atoms with Crippen molar-refractivity contribution in [3.8, 4) is 0 Å². The van der Waals surface area contributed by atoms with E-state index in [1.54, 1.807) is 4.57 Å². The van der Waals surface area contributed by atoms with Crippen LogP contribution in [0.15, 0.2) is 24.5 Å². The summed E-state index contributed by atoms with van der Waals surface area (Å²) in [4.78, 5) is 11.6. The molecular weight excluding hydrogens is 464 g/mol. The van der Waals surface area contributed by atoms with Crippen molar-refractivity contribution in [3.63, 3.8) is 0 Å². The fraction of sp³-hybridized carbons (Fsp3) is 0.476. The van der Waals surface area contributed by atoms with Gasteiger partial charge in [0, 0.05) is 24.5 Å². The summed E-state index contributed by atoms with van der Waals surface area (Å²) in [7, 11) is 0. The third kappa shape index (κ3) is 4.97. The van der Waals surface area contributed by atoms with E-state index in [9.17, 15) is 26.3 Å². The number of nitrogens with one attached hydrogen (secondary N) is 1. The highest BCUT2D eigenvalue weighted by Crippen LogP contribution is 2.37. The highest BCUT2D eigenvalue weighted by Gasteiger charge is 2.33. The molecule has 0 bridgehead atoms. The SMILES string of the molecule is Nc1cc(C(F)(F)F)cnc1NC1CCC1.Nc1nc2cc(C(F)(F)F)cnc2n1C1CCC1. The van der Waals surface area contributed by atoms with E-state index in [0.717, 1.165) is 63.1 Å². The molecule has 5 rings (SSSR count). The van der Waals surface area contributed by atoms with Crippen molar-refractivity contribution in [1.82, 2.24) is 19.5 Å². The van der Waals surface area contributed by atoms with E-state index in [2.05, 4.69) is 20.3 Å². The van der Waals surface area contributed by atoms with Crippen LogP contribution in [0.3, 0.4) is 0 Å². The number of alkyl halides is 6. The van der Waals surface area contributed by atoms with Crippen LogP contribution in [0.25, 0.3) is 11.2 Å². The average molecular weight is 487 g/mol. The second-order valence-corrected chi connectivity index (χ2v) is 8.42. The maximum atomic E-state index is 12.6. The van der Waals surface area contributed by atoms with Crippen LogP contribution in [0.2, 0.25) is 0 Å². The van der Waals surface area contributed by atoms with Gasteiger partial charge in [-0.05, 0) is 50.7 Å². The highest BCUT2D eigenvalue weighted by atomic mass is 19.4. The Morgan fingerprint density at radius 1 is 0.853 bits per heavy atom. The second kappa shape index (κ2) is 8.84. The first-order valence-electron chi connectivity index (χ1n) is 10.7. The van der Waals surface area contributed by atoms with Gasteiger partial charge in [-0.1, -0.05) is 0 Å². The van der Waals surface area contributed by atoms with Gasteiger partial charge in [-0.15, -0.1) is 0 Å². The first-order chi connectivity index (χ1) is 15.9. The van der Waals surface area contributed by atoms with Crippen LogP contribution < -0.4 is 16.8 Å². The van der Waals surface area contributed by atoms with Gasteiger partial charge < -0.3 is 16.8 Å². The summed E-state index contributed by atoms with van der Waals surface area (Å²) in [6, 6.07) is 2.42. The lowest BCUT2D eigenvalue weighted by Gasteiger charge is -2.27. The van der Waals surface area contributed by atoms with E-state index in [1.165, 1.54) is 0 Å². The Balaban J connectivity index is 0.000000162. The largest absolute Gasteiger partial charge is 0.417 e. The normalized spacial score (nSPS) is 17.0. The van der Waals surface area contributed by atoms with Crippen molar-refractivity contribution in [2.45, 2.75) is 63.0 Å². The Labute approximate surface area is 190 Å². The topological polar surface area (TPSA) is 108 Å². The molecule has 0 amide bonds. The number of aromatic nitrogens is 4.